The van der Waals surface area contributed by atoms with Gasteiger partial charge >= 0.3 is 5.97 Å². The number of nitrogens with two attached hydrogens (primary N) is 2. The summed E-state index contributed by atoms with van der Waals surface area (Å²) in [6.45, 7) is 1.18. The number of amides is 1. The molecule has 0 aliphatic carbocycles. The van der Waals surface area contributed by atoms with Crippen LogP contribution in [0.2, 0.25) is 0 Å². The van der Waals surface area contributed by atoms with Gasteiger partial charge in [-0.15, -0.1) is 0 Å². The van der Waals surface area contributed by atoms with Crippen LogP contribution in [0.25, 0.3) is 0 Å². The summed E-state index contributed by atoms with van der Waals surface area (Å²) in [5, 5.41) is 8.86. The third kappa shape index (κ3) is 4.87. The highest BCUT2D eigenvalue weighted by molar-refractivity contribution is 5.98. The van der Waals surface area contributed by atoms with Gasteiger partial charge in [0.2, 0.25) is 0 Å². The molecule has 1 heterocycles. The SMILES string of the molecule is NC(N)=NCCCCOc1ccc2c(c1)C(=O)N(CC(=O)O)CC2. The molecule has 1 aliphatic rings. The van der Waals surface area contributed by atoms with E-state index in [4.69, 9.17) is 21.3 Å². The molecule has 0 saturated heterocycles. The van der Waals surface area contributed by atoms with E-state index in [9.17, 15) is 9.59 Å². The summed E-state index contributed by atoms with van der Waals surface area (Å²) < 4.78 is 5.65. The fraction of sp³-hybridized carbons (Fsp3) is 0.438. The molecule has 0 spiro atoms. The summed E-state index contributed by atoms with van der Waals surface area (Å²) in [5.74, 6) is -0.604. The first-order valence-electron chi connectivity index (χ1n) is 7.79. The lowest BCUT2D eigenvalue weighted by atomic mass is 9.98. The predicted octanol–water partition coefficient (Wildman–Crippen LogP) is 0.202. The number of rotatable bonds is 8. The highest BCUT2D eigenvalue weighted by Gasteiger charge is 2.26. The summed E-state index contributed by atoms with van der Waals surface area (Å²) in [6, 6.07) is 5.37. The van der Waals surface area contributed by atoms with Crippen LogP contribution in [-0.4, -0.2) is 54.1 Å². The molecule has 0 radical (unpaired) electrons. The van der Waals surface area contributed by atoms with Gasteiger partial charge in [0.25, 0.3) is 5.91 Å². The lowest BCUT2D eigenvalue weighted by molar-refractivity contribution is -0.137. The van der Waals surface area contributed by atoms with Crippen molar-refractivity contribution in [2.45, 2.75) is 19.3 Å². The third-order valence-electron chi connectivity index (χ3n) is 3.69. The van der Waals surface area contributed by atoms with Crippen LogP contribution in [-0.2, 0) is 11.2 Å². The Morgan fingerprint density at radius 3 is 2.83 bits per heavy atom. The van der Waals surface area contributed by atoms with Crippen molar-refractivity contribution in [2.24, 2.45) is 16.5 Å². The van der Waals surface area contributed by atoms with Gasteiger partial charge in [-0.2, -0.15) is 0 Å². The molecular formula is C16H22N4O4. The lowest BCUT2D eigenvalue weighted by Gasteiger charge is -2.27. The summed E-state index contributed by atoms with van der Waals surface area (Å²) >= 11 is 0. The van der Waals surface area contributed by atoms with Crippen LogP contribution in [0.1, 0.15) is 28.8 Å². The zero-order valence-electron chi connectivity index (χ0n) is 13.4. The fourth-order valence-electron chi connectivity index (χ4n) is 2.52. The monoisotopic (exact) mass is 334 g/mol. The number of carbonyl (C=O) groups is 2. The highest BCUT2D eigenvalue weighted by Crippen LogP contribution is 2.24. The molecule has 0 atom stereocenters. The van der Waals surface area contributed by atoms with Crippen LogP contribution in [0, 0.1) is 0 Å². The topological polar surface area (TPSA) is 131 Å². The Kier molecular flexibility index (Phi) is 6.00. The van der Waals surface area contributed by atoms with Crippen molar-refractivity contribution in [3.05, 3.63) is 29.3 Å². The molecule has 130 valence electrons. The second-order valence-corrected chi connectivity index (χ2v) is 5.55. The maximum absolute atomic E-state index is 12.4. The van der Waals surface area contributed by atoms with Crippen molar-refractivity contribution < 1.29 is 19.4 Å². The molecular weight excluding hydrogens is 312 g/mol. The van der Waals surface area contributed by atoms with E-state index in [0.717, 1.165) is 18.4 Å². The number of fused-ring (bicyclic) bond motifs is 1. The Balaban J connectivity index is 1.91. The number of benzene rings is 1. The van der Waals surface area contributed by atoms with Crippen LogP contribution in [0.15, 0.2) is 23.2 Å². The first-order chi connectivity index (χ1) is 11.5. The van der Waals surface area contributed by atoms with Crippen molar-refractivity contribution in [2.75, 3.05) is 26.2 Å². The molecule has 1 aliphatic heterocycles. The van der Waals surface area contributed by atoms with E-state index < -0.39 is 5.97 Å². The van der Waals surface area contributed by atoms with E-state index in [1.807, 2.05) is 12.1 Å². The molecule has 2 rings (SSSR count). The van der Waals surface area contributed by atoms with Gasteiger partial charge in [0.15, 0.2) is 5.96 Å². The molecule has 0 aromatic heterocycles. The molecule has 5 N–H and O–H groups in total. The molecule has 1 aromatic rings. The maximum atomic E-state index is 12.4. The van der Waals surface area contributed by atoms with Gasteiger partial charge in [0, 0.05) is 18.7 Å². The van der Waals surface area contributed by atoms with Crippen LogP contribution in [0.4, 0.5) is 0 Å². The number of aliphatic imine (C=N–C) groups is 1. The summed E-state index contributed by atoms with van der Waals surface area (Å²) in [6.07, 6.45) is 2.23. The Morgan fingerprint density at radius 2 is 2.12 bits per heavy atom. The van der Waals surface area contributed by atoms with Gasteiger partial charge in [-0.05, 0) is 37.0 Å². The Morgan fingerprint density at radius 1 is 1.33 bits per heavy atom. The van der Waals surface area contributed by atoms with E-state index in [1.165, 1.54) is 4.90 Å². The Bertz CT molecular complexity index is 641. The number of ether oxygens (including phenoxy) is 1. The maximum Gasteiger partial charge on any atom is 0.323 e. The standard InChI is InChI=1S/C16H22N4O4/c17-16(18)19-6-1-2-8-24-12-4-3-11-5-7-20(10-14(21)22)15(23)13(11)9-12/h3-4,9H,1-2,5-8,10H2,(H,21,22)(H4,17,18,19). The molecule has 24 heavy (non-hydrogen) atoms. The van der Waals surface area contributed by atoms with Crippen molar-refractivity contribution in [3.63, 3.8) is 0 Å². The van der Waals surface area contributed by atoms with Gasteiger partial charge in [-0.3, -0.25) is 14.6 Å². The zero-order chi connectivity index (χ0) is 17.5. The van der Waals surface area contributed by atoms with Crippen LogP contribution in [0.3, 0.4) is 0 Å². The summed E-state index contributed by atoms with van der Waals surface area (Å²) in [5.41, 5.74) is 11.9. The first-order valence-corrected chi connectivity index (χ1v) is 7.79. The van der Waals surface area contributed by atoms with Crippen LogP contribution >= 0.6 is 0 Å². The zero-order valence-corrected chi connectivity index (χ0v) is 13.4. The van der Waals surface area contributed by atoms with E-state index in [1.54, 1.807) is 6.07 Å². The molecule has 1 amide bonds. The molecule has 0 bridgehead atoms. The minimum Gasteiger partial charge on any atom is -0.494 e. The average molecular weight is 334 g/mol. The second-order valence-electron chi connectivity index (χ2n) is 5.55. The number of hydrogen-bond acceptors (Lipinski definition) is 4. The number of unbranched alkanes of at least 4 members (excludes halogenated alkanes) is 1. The van der Waals surface area contributed by atoms with Gasteiger partial charge in [0.05, 0.1) is 6.61 Å². The fourth-order valence-corrected chi connectivity index (χ4v) is 2.52. The van der Waals surface area contributed by atoms with E-state index in [-0.39, 0.29) is 18.4 Å². The molecule has 0 saturated carbocycles. The number of guanidine groups is 1. The largest absolute Gasteiger partial charge is 0.494 e. The van der Waals surface area contributed by atoms with E-state index in [2.05, 4.69) is 4.99 Å². The molecule has 1 aromatic carbocycles. The number of aliphatic carboxylic acids is 1. The number of nitrogens with zero attached hydrogens (tertiary/aromatic N) is 2. The minimum atomic E-state index is -1.01. The normalized spacial score (nSPS) is 13.3. The summed E-state index contributed by atoms with van der Waals surface area (Å²) in [7, 11) is 0. The van der Waals surface area contributed by atoms with Gasteiger partial charge in [0.1, 0.15) is 12.3 Å². The molecule has 8 heteroatoms. The second kappa shape index (κ2) is 8.19. The predicted molar refractivity (Wildman–Crippen MR) is 89.1 cm³/mol. The highest BCUT2D eigenvalue weighted by atomic mass is 16.5. The Hall–Kier alpha value is -2.77. The Labute approximate surface area is 140 Å². The van der Waals surface area contributed by atoms with Gasteiger partial charge < -0.3 is 26.2 Å². The third-order valence-corrected chi connectivity index (χ3v) is 3.69. The van der Waals surface area contributed by atoms with Crippen LogP contribution in [0.5, 0.6) is 5.75 Å². The van der Waals surface area contributed by atoms with Gasteiger partial charge in [-0.1, -0.05) is 6.07 Å². The summed E-state index contributed by atoms with van der Waals surface area (Å²) in [4.78, 5) is 28.4. The number of hydrogen-bond donors (Lipinski definition) is 3. The number of carboxylic acid groups (broad SMARTS) is 1. The quantitative estimate of drug-likeness (QED) is 0.353. The van der Waals surface area contributed by atoms with E-state index in [0.29, 0.717) is 37.4 Å². The molecule has 8 nitrogen and oxygen atoms in total. The minimum absolute atomic E-state index is 0.0787. The lowest BCUT2D eigenvalue weighted by Crippen LogP contribution is -2.40. The van der Waals surface area contributed by atoms with Crippen LogP contribution < -0.4 is 16.2 Å². The van der Waals surface area contributed by atoms with Crippen molar-refractivity contribution >= 4 is 17.8 Å². The van der Waals surface area contributed by atoms with Crippen molar-refractivity contribution in [1.29, 1.82) is 0 Å². The van der Waals surface area contributed by atoms with Gasteiger partial charge in [-0.25, -0.2) is 0 Å². The van der Waals surface area contributed by atoms with Crippen molar-refractivity contribution in [1.82, 2.24) is 4.90 Å². The first kappa shape index (κ1) is 17.6. The number of carboxylic acids is 1. The number of carbonyl (C=O) groups excluding carboxylic acids is 1. The molecule has 0 fully saturated rings. The molecule has 0 unspecified atom stereocenters. The smallest absolute Gasteiger partial charge is 0.323 e. The average Bonchev–Trinajstić information content (AvgIpc) is 2.53. The van der Waals surface area contributed by atoms with Crippen molar-refractivity contribution in [3.8, 4) is 5.75 Å². The van der Waals surface area contributed by atoms with E-state index >= 15 is 0 Å².